The number of piperidine rings is 1. The monoisotopic (exact) mass is 571 g/mol. The average molecular weight is 572 g/mol. The van der Waals surface area contributed by atoms with Gasteiger partial charge in [-0.2, -0.15) is 9.61 Å². The molecule has 6 rings (SSSR count). The van der Waals surface area contributed by atoms with Crippen molar-refractivity contribution in [3.63, 3.8) is 0 Å². The number of halogens is 1. The summed E-state index contributed by atoms with van der Waals surface area (Å²) in [7, 11) is -1.43. The molecule has 1 saturated carbocycles. The van der Waals surface area contributed by atoms with E-state index in [1.54, 1.807) is 6.07 Å². The summed E-state index contributed by atoms with van der Waals surface area (Å²) in [6.45, 7) is 4.38. The van der Waals surface area contributed by atoms with E-state index < -0.39 is 10.0 Å². The Bertz CT molecular complexity index is 1510. The van der Waals surface area contributed by atoms with E-state index in [2.05, 4.69) is 27.6 Å². The highest BCUT2D eigenvalue weighted by Crippen LogP contribution is 2.41. The molecule has 1 atom stereocenters. The second-order valence-corrected chi connectivity index (χ2v) is 13.2. The van der Waals surface area contributed by atoms with Gasteiger partial charge in [0.05, 0.1) is 29.2 Å². The van der Waals surface area contributed by atoms with Gasteiger partial charge in [0.2, 0.25) is 10.0 Å². The van der Waals surface area contributed by atoms with Crippen LogP contribution in [0, 0.1) is 0 Å². The van der Waals surface area contributed by atoms with Crippen LogP contribution in [-0.2, 0) is 10.0 Å². The third-order valence-electron chi connectivity index (χ3n) is 7.88. The molecule has 39 heavy (non-hydrogen) atoms. The zero-order valence-electron chi connectivity index (χ0n) is 22.3. The van der Waals surface area contributed by atoms with E-state index in [9.17, 15) is 13.2 Å². The second kappa shape index (κ2) is 10.3. The van der Waals surface area contributed by atoms with E-state index in [1.807, 2.05) is 15.5 Å². The van der Waals surface area contributed by atoms with Crippen molar-refractivity contribution >= 4 is 44.7 Å². The molecule has 2 aromatic heterocycles. The summed E-state index contributed by atoms with van der Waals surface area (Å²) in [5.74, 6) is 1.30. The minimum atomic E-state index is -3.58. The molecule has 2 saturated heterocycles. The number of hydrogen-bond donors (Lipinski definition) is 1. The molecule has 0 spiro atoms. The van der Waals surface area contributed by atoms with Gasteiger partial charge in [-0.3, -0.25) is 9.52 Å². The van der Waals surface area contributed by atoms with Crippen LogP contribution < -0.4 is 9.62 Å². The van der Waals surface area contributed by atoms with Crippen molar-refractivity contribution in [3.8, 4) is 0 Å². The molecule has 12 heteroatoms. The Kier molecular flexibility index (Phi) is 6.93. The molecule has 0 unspecified atom stereocenters. The molecule has 1 N–H and O–H groups in total. The first-order valence-electron chi connectivity index (χ1n) is 13.6. The highest BCUT2D eigenvalue weighted by Gasteiger charge is 2.34. The number of nitrogens with one attached hydrogen (secondary N) is 1. The van der Waals surface area contributed by atoms with Crippen LogP contribution in [0.15, 0.2) is 30.3 Å². The SMILES string of the molecule is CN1CCN(c2cc(C3CC3)nc3cc([C@@H]4CCCCN4C(=O)c4cc(Cl)ccc4NS(C)(=O)=O)nn23)CC1. The van der Waals surface area contributed by atoms with Crippen molar-refractivity contribution in [3.05, 3.63) is 52.3 Å². The van der Waals surface area contributed by atoms with Crippen LogP contribution >= 0.6 is 11.6 Å². The van der Waals surface area contributed by atoms with Gasteiger partial charge in [-0.05, 0) is 57.4 Å². The number of hydrogen-bond acceptors (Lipinski definition) is 7. The summed E-state index contributed by atoms with van der Waals surface area (Å²) in [6.07, 6.45) is 6.00. The maximum absolute atomic E-state index is 13.9. The second-order valence-electron chi connectivity index (χ2n) is 11.0. The lowest BCUT2D eigenvalue weighted by Crippen LogP contribution is -2.45. The number of nitrogens with zero attached hydrogens (tertiary/aromatic N) is 6. The molecule has 1 aromatic carbocycles. The van der Waals surface area contributed by atoms with Crippen molar-refractivity contribution in [1.82, 2.24) is 24.4 Å². The zero-order valence-corrected chi connectivity index (χ0v) is 23.9. The maximum atomic E-state index is 13.9. The fourth-order valence-electron chi connectivity index (χ4n) is 5.63. The lowest BCUT2D eigenvalue weighted by molar-refractivity contribution is 0.0607. The number of benzene rings is 1. The number of aromatic nitrogens is 3. The normalized spacial score (nSPS) is 20.9. The van der Waals surface area contributed by atoms with Crippen LogP contribution in [0.1, 0.15) is 65.8 Å². The molecule has 208 valence electrons. The van der Waals surface area contributed by atoms with Gasteiger partial charge in [-0.15, -0.1) is 0 Å². The quantitative estimate of drug-likeness (QED) is 0.480. The van der Waals surface area contributed by atoms with E-state index in [1.165, 1.54) is 25.0 Å². The summed E-state index contributed by atoms with van der Waals surface area (Å²) in [6, 6.07) is 8.61. The van der Waals surface area contributed by atoms with Crippen molar-refractivity contribution in [1.29, 1.82) is 0 Å². The number of piperazine rings is 1. The number of sulfonamides is 1. The predicted molar refractivity (Wildman–Crippen MR) is 152 cm³/mol. The highest BCUT2D eigenvalue weighted by molar-refractivity contribution is 7.92. The van der Waals surface area contributed by atoms with Crippen LogP contribution in [0.4, 0.5) is 11.5 Å². The topological polar surface area (TPSA) is 103 Å². The Morgan fingerprint density at radius 1 is 1.00 bits per heavy atom. The van der Waals surface area contributed by atoms with Gasteiger partial charge in [0, 0.05) is 61.5 Å². The van der Waals surface area contributed by atoms with Crippen molar-refractivity contribution in [2.45, 2.75) is 44.1 Å². The third-order valence-corrected chi connectivity index (χ3v) is 8.71. The summed E-state index contributed by atoms with van der Waals surface area (Å²) >= 11 is 6.24. The number of amides is 1. The number of carbonyl (C=O) groups is 1. The Balaban J connectivity index is 1.37. The number of carbonyl (C=O) groups excluding carboxylic acids is 1. The molecule has 2 aliphatic heterocycles. The van der Waals surface area contributed by atoms with E-state index in [4.69, 9.17) is 21.7 Å². The van der Waals surface area contributed by atoms with Crippen molar-refractivity contribution in [2.24, 2.45) is 0 Å². The smallest absolute Gasteiger partial charge is 0.256 e. The molecule has 4 heterocycles. The van der Waals surface area contributed by atoms with E-state index >= 15 is 0 Å². The van der Waals surface area contributed by atoms with E-state index in [0.717, 1.165) is 74.6 Å². The third kappa shape index (κ3) is 5.57. The molecule has 1 amide bonds. The minimum absolute atomic E-state index is 0.222. The average Bonchev–Trinajstić information content (AvgIpc) is 3.67. The standard InChI is InChI=1S/C27H34ClN7O3S/c1-32-11-13-33(14-12-32)26-17-22(18-6-7-18)29-25-16-23(30-35(25)26)24-5-3-4-10-34(24)27(36)20-15-19(28)8-9-21(20)31-39(2,37)38/h8-9,15-18,24,31H,3-7,10-14H2,1-2H3/t24-/m0/s1. The Hall–Kier alpha value is -2.89. The molecule has 3 aliphatic rings. The molecule has 1 aliphatic carbocycles. The Labute approximate surface area is 234 Å². The first-order chi connectivity index (χ1) is 18.7. The number of fused-ring (bicyclic) bond motifs is 1. The van der Waals surface area contributed by atoms with Gasteiger partial charge < -0.3 is 14.7 Å². The summed E-state index contributed by atoms with van der Waals surface area (Å²) < 4.78 is 28.4. The first-order valence-corrected chi connectivity index (χ1v) is 15.9. The van der Waals surface area contributed by atoms with Crippen LogP contribution in [0.5, 0.6) is 0 Å². The fraction of sp³-hybridized carbons (Fsp3) is 0.519. The van der Waals surface area contributed by atoms with E-state index in [0.29, 0.717) is 17.5 Å². The predicted octanol–water partition coefficient (Wildman–Crippen LogP) is 3.75. The number of anilines is 2. The summed E-state index contributed by atoms with van der Waals surface area (Å²) in [5.41, 5.74) is 3.19. The summed E-state index contributed by atoms with van der Waals surface area (Å²) in [4.78, 5) is 25.4. The molecule has 3 fully saturated rings. The zero-order chi connectivity index (χ0) is 27.3. The molecular formula is C27H34ClN7O3S. The van der Waals surface area contributed by atoms with Crippen LogP contribution in [0.25, 0.3) is 5.65 Å². The van der Waals surface area contributed by atoms with Gasteiger partial charge in [-0.1, -0.05) is 11.6 Å². The number of rotatable bonds is 6. The summed E-state index contributed by atoms with van der Waals surface area (Å²) in [5, 5.41) is 5.41. The van der Waals surface area contributed by atoms with Crippen LogP contribution in [0.3, 0.4) is 0 Å². The van der Waals surface area contributed by atoms with Gasteiger partial charge in [0.1, 0.15) is 5.82 Å². The minimum Gasteiger partial charge on any atom is -0.354 e. The van der Waals surface area contributed by atoms with Gasteiger partial charge in [-0.25, -0.2) is 13.4 Å². The molecule has 3 aromatic rings. The van der Waals surface area contributed by atoms with Crippen molar-refractivity contribution in [2.75, 3.05) is 55.6 Å². The number of likely N-dealkylation sites (N-methyl/N-ethyl adjacent to an activating group) is 1. The lowest BCUT2D eigenvalue weighted by atomic mass is 9.98. The maximum Gasteiger partial charge on any atom is 0.256 e. The fourth-order valence-corrected chi connectivity index (χ4v) is 6.38. The largest absolute Gasteiger partial charge is 0.354 e. The number of likely N-dealkylation sites (tertiary alicyclic amines) is 1. The van der Waals surface area contributed by atoms with Gasteiger partial charge >= 0.3 is 0 Å². The highest BCUT2D eigenvalue weighted by atomic mass is 35.5. The Morgan fingerprint density at radius 3 is 2.49 bits per heavy atom. The van der Waals surface area contributed by atoms with Gasteiger partial charge in [0.15, 0.2) is 5.65 Å². The van der Waals surface area contributed by atoms with Crippen molar-refractivity contribution < 1.29 is 13.2 Å². The molecule has 0 radical (unpaired) electrons. The molecular weight excluding hydrogens is 538 g/mol. The molecule has 10 nitrogen and oxygen atoms in total. The van der Waals surface area contributed by atoms with Gasteiger partial charge in [0.25, 0.3) is 5.91 Å². The molecule has 0 bridgehead atoms. The van der Waals surface area contributed by atoms with Crippen LogP contribution in [-0.4, -0.2) is 84.8 Å². The van der Waals surface area contributed by atoms with E-state index in [-0.39, 0.29) is 23.2 Å². The first kappa shape index (κ1) is 26.3. The lowest BCUT2D eigenvalue weighted by Gasteiger charge is -2.35. The Morgan fingerprint density at radius 2 is 1.77 bits per heavy atom. The van der Waals surface area contributed by atoms with Crippen LogP contribution in [0.2, 0.25) is 5.02 Å².